The molecule has 148 valence electrons. The minimum Gasteiger partial charge on any atom is -0.491 e. The van der Waals surface area contributed by atoms with Crippen molar-refractivity contribution in [2.75, 3.05) is 25.1 Å². The Hall–Kier alpha value is -3.39. The predicted octanol–water partition coefficient (Wildman–Crippen LogP) is 2.14. The van der Waals surface area contributed by atoms with Crippen molar-refractivity contribution >= 4 is 23.4 Å². The van der Waals surface area contributed by atoms with Crippen molar-refractivity contribution in [2.24, 2.45) is 0 Å². The highest BCUT2D eigenvalue weighted by molar-refractivity contribution is 5.99. The van der Waals surface area contributed by atoms with Gasteiger partial charge >= 0.3 is 0 Å². The molecule has 0 unspecified atom stereocenters. The molecule has 0 heterocycles. The van der Waals surface area contributed by atoms with Crippen LogP contribution in [0.3, 0.4) is 0 Å². The van der Waals surface area contributed by atoms with E-state index < -0.39 is 11.8 Å². The molecule has 3 N–H and O–H groups in total. The van der Waals surface area contributed by atoms with Gasteiger partial charge in [0.2, 0.25) is 5.91 Å². The second kappa shape index (κ2) is 10.7. The molecule has 8 heteroatoms. The smallest absolute Gasteiger partial charge is 0.269 e. The second-order valence-electron chi connectivity index (χ2n) is 5.74. The Bertz CT molecular complexity index is 821. The van der Waals surface area contributed by atoms with Crippen molar-refractivity contribution in [3.63, 3.8) is 0 Å². The lowest BCUT2D eigenvalue weighted by Crippen LogP contribution is -2.41. The van der Waals surface area contributed by atoms with Gasteiger partial charge in [-0.3, -0.25) is 25.2 Å². The summed E-state index contributed by atoms with van der Waals surface area (Å²) in [5.41, 5.74) is 5.97. The molecule has 28 heavy (non-hydrogen) atoms. The molecule has 3 amide bonds. The highest BCUT2D eigenvalue weighted by atomic mass is 16.5. The average molecular weight is 385 g/mol. The molecule has 2 aromatic rings. The molecule has 0 saturated carbocycles. The van der Waals surface area contributed by atoms with Gasteiger partial charge in [-0.25, -0.2) is 0 Å². The molecule has 2 rings (SSSR count). The Morgan fingerprint density at radius 1 is 0.893 bits per heavy atom. The fourth-order valence-electron chi connectivity index (χ4n) is 2.26. The minimum absolute atomic E-state index is 0.200. The molecule has 0 fully saturated rings. The summed E-state index contributed by atoms with van der Waals surface area (Å²) in [5, 5.41) is 2.61. The summed E-state index contributed by atoms with van der Waals surface area (Å²) >= 11 is 0. The van der Waals surface area contributed by atoms with Gasteiger partial charge in [0.05, 0.1) is 6.61 Å². The molecule has 0 aliphatic carbocycles. The summed E-state index contributed by atoms with van der Waals surface area (Å²) in [6.45, 7) is 4.75. The largest absolute Gasteiger partial charge is 0.491 e. The van der Waals surface area contributed by atoms with Gasteiger partial charge in [0.1, 0.15) is 12.4 Å². The summed E-state index contributed by atoms with van der Waals surface area (Å²) in [4.78, 5) is 35.4. The first-order chi connectivity index (χ1) is 13.5. The number of anilines is 1. The molecule has 0 spiro atoms. The summed E-state index contributed by atoms with van der Waals surface area (Å²) < 4.78 is 10.7. The highest BCUT2D eigenvalue weighted by Crippen LogP contribution is 2.13. The van der Waals surface area contributed by atoms with E-state index in [4.69, 9.17) is 9.47 Å². The Kier molecular flexibility index (Phi) is 7.98. The third kappa shape index (κ3) is 6.73. The standard InChI is InChI=1S/C20H23N3O5/c1-3-27-11-12-28-18-6-4-5-16(13-18)20(26)23-22-19(25)15-7-9-17(10-8-15)21-14(2)24/h4-10,13H,3,11-12H2,1-2H3,(H,21,24)(H,22,25)(H,23,26). The number of benzene rings is 2. The minimum atomic E-state index is -0.480. The zero-order chi connectivity index (χ0) is 20.4. The SMILES string of the molecule is CCOCCOc1cccc(C(=O)NNC(=O)c2ccc(NC(C)=O)cc2)c1. The van der Waals surface area contributed by atoms with Crippen molar-refractivity contribution in [3.8, 4) is 5.75 Å². The number of amides is 3. The van der Waals surface area contributed by atoms with E-state index in [1.807, 2.05) is 6.92 Å². The summed E-state index contributed by atoms with van der Waals surface area (Å²) in [6.07, 6.45) is 0. The van der Waals surface area contributed by atoms with Gasteiger partial charge in [-0.1, -0.05) is 6.07 Å². The van der Waals surface area contributed by atoms with Crippen molar-refractivity contribution in [3.05, 3.63) is 59.7 Å². The molecule has 0 saturated heterocycles. The van der Waals surface area contributed by atoms with Crippen LogP contribution in [0.5, 0.6) is 5.75 Å². The number of hydrazine groups is 1. The van der Waals surface area contributed by atoms with Crippen LogP contribution in [0.2, 0.25) is 0 Å². The van der Waals surface area contributed by atoms with E-state index in [1.165, 1.54) is 6.92 Å². The number of hydrogen-bond acceptors (Lipinski definition) is 5. The zero-order valence-corrected chi connectivity index (χ0v) is 15.8. The number of carbonyl (C=O) groups is 3. The molecule has 0 aromatic heterocycles. The highest BCUT2D eigenvalue weighted by Gasteiger charge is 2.10. The lowest BCUT2D eigenvalue weighted by atomic mass is 10.2. The van der Waals surface area contributed by atoms with Crippen LogP contribution in [-0.4, -0.2) is 37.5 Å². The van der Waals surface area contributed by atoms with Crippen molar-refractivity contribution in [1.82, 2.24) is 10.9 Å². The van der Waals surface area contributed by atoms with Crippen molar-refractivity contribution in [2.45, 2.75) is 13.8 Å². The molecule has 0 bridgehead atoms. The first-order valence-corrected chi connectivity index (χ1v) is 8.78. The van der Waals surface area contributed by atoms with Crippen LogP contribution in [0, 0.1) is 0 Å². The van der Waals surface area contributed by atoms with Crippen molar-refractivity contribution < 1.29 is 23.9 Å². The molecule has 8 nitrogen and oxygen atoms in total. The van der Waals surface area contributed by atoms with Crippen LogP contribution >= 0.6 is 0 Å². The molecule has 0 radical (unpaired) electrons. The number of rotatable bonds is 8. The third-order valence-electron chi connectivity index (χ3n) is 3.55. The predicted molar refractivity (Wildman–Crippen MR) is 104 cm³/mol. The van der Waals surface area contributed by atoms with Gasteiger partial charge < -0.3 is 14.8 Å². The molecule has 0 aliphatic heterocycles. The van der Waals surface area contributed by atoms with Crippen LogP contribution in [-0.2, 0) is 9.53 Å². The normalized spacial score (nSPS) is 10.1. The van der Waals surface area contributed by atoms with Gasteiger partial charge in [0.25, 0.3) is 11.8 Å². The number of carbonyl (C=O) groups excluding carboxylic acids is 3. The maximum atomic E-state index is 12.2. The molecule has 0 atom stereocenters. The Morgan fingerprint density at radius 2 is 1.57 bits per heavy atom. The van der Waals surface area contributed by atoms with E-state index in [-0.39, 0.29) is 5.91 Å². The quantitative estimate of drug-likeness (QED) is 0.477. The van der Waals surface area contributed by atoms with Crippen LogP contribution in [0.1, 0.15) is 34.6 Å². The zero-order valence-electron chi connectivity index (χ0n) is 15.8. The van der Waals surface area contributed by atoms with E-state index in [0.29, 0.717) is 42.4 Å². The van der Waals surface area contributed by atoms with Crippen molar-refractivity contribution in [1.29, 1.82) is 0 Å². The van der Waals surface area contributed by atoms with E-state index in [2.05, 4.69) is 16.2 Å². The van der Waals surface area contributed by atoms with Crippen LogP contribution in [0.15, 0.2) is 48.5 Å². The first-order valence-electron chi connectivity index (χ1n) is 8.78. The second-order valence-corrected chi connectivity index (χ2v) is 5.74. The van der Waals surface area contributed by atoms with Crippen LogP contribution in [0.4, 0.5) is 5.69 Å². The van der Waals surface area contributed by atoms with E-state index >= 15 is 0 Å². The lowest BCUT2D eigenvalue weighted by molar-refractivity contribution is -0.114. The molecular formula is C20H23N3O5. The third-order valence-corrected chi connectivity index (χ3v) is 3.55. The van der Waals surface area contributed by atoms with E-state index in [1.54, 1.807) is 48.5 Å². The van der Waals surface area contributed by atoms with Gasteiger partial charge in [-0.2, -0.15) is 0 Å². The maximum absolute atomic E-state index is 12.2. The Labute approximate surface area is 163 Å². The van der Waals surface area contributed by atoms with E-state index in [9.17, 15) is 14.4 Å². The topological polar surface area (TPSA) is 106 Å². The molecule has 2 aromatic carbocycles. The average Bonchev–Trinajstić information content (AvgIpc) is 2.69. The van der Waals surface area contributed by atoms with Crippen LogP contribution < -0.4 is 20.9 Å². The first kappa shape index (κ1) is 20.9. The summed E-state index contributed by atoms with van der Waals surface area (Å²) in [6, 6.07) is 12.9. The number of ether oxygens (including phenoxy) is 2. The Balaban J connectivity index is 1.87. The summed E-state index contributed by atoms with van der Waals surface area (Å²) in [7, 11) is 0. The lowest BCUT2D eigenvalue weighted by Gasteiger charge is -2.10. The van der Waals surface area contributed by atoms with Crippen LogP contribution in [0.25, 0.3) is 0 Å². The maximum Gasteiger partial charge on any atom is 0.269 e. The van der Waals surface area contributed by atoms with E-state index in [0.717, 1.165) is 0 Å². The fourth-order valence-corrected chi connectivity index (χ4v) is 2.26. The van der Waals surface area contributed by atoms with Gasteiger partial charge in [0, 0.05) is 30.3 Å². The molecule has 0 aliphatic rings. The van der Waals surface area contributed by atoms with Gasteiger partial charge in [-0.15, -0.1) is 0 Å². The Morgan fingerprint density at radius 3 is 2.21 bits per heavy atom. The monoisotopic (exact) mass is 385 g/mol. The number of hydrogen-bond donors (Lipinski definition) is 3. The molecular weight excluding hydrogens is 362 g/mol. The summed E-state index contributed by atoms with van der Waals surface area (Å²) in [5.74, 6) is -0.619. The van der Waals surface area contributed by atoms with Gasteiger partial charge in [-0.05, 0) is 49.4 Å². The van der Waals surface area contributed by atoms with Gasteiger partial charge in [0.15, 0.2) is 0 Å². The fraction of sp³-hybridized carbons (Fsp3) is 0.250. The number of nitrogens with one attached hydrogen (secondary N) is 3.